The topological polar surface area (TPSA) is 37.4 Å². The molecule has 0 unspecified atom stereocenters. The van der Waals surface area contributed by atoms with Crippen molar-refractivity contribution in [2.75, 3.05) is 13.1 Å². The fourth-order valence-electron chi connectivity index (χ4n) is 2.21. The number of sulfonamides is 1. The number of hydrogen-bond donors (Lipinski definition) is 0. The first kappa shape index (κ1) is 13.3. The van der Waals surface area contributed by atoms with Crippen LogP contribution in [0.1, 0.15) is 18.9 Å². The molecule has 0 saturated carbocycles. The smallest absolute Gasteiger partial charge is 0.207 e. The van der Waals surface area contributed by atoms with E-state index < -0.39 is 10.0 Å². The van der Waals surface area contributed by atoms with Crippen molar-refractivity contribution in [1.82, 2.24) is 4.31 Å². The van der Waals surface area contributed by atoms with Crippen molar-refractivity contribution in [3.05, 3.63) is 42.0 Å². The maximum Gasteiger partial charge on any atom is 0.243 e. The zero-order valence-electron chi connectivity index (χ0n) is 10.9. The van der Waals surface area contributed by atoms with E-state index in [0.717, 1.165) is 17.6 Å². The third-order valence-corrected chi connectivity index (χ3v) is 5.39. The molecule has 1 aromatic carbocycles. The molecule has 3 nitrogen and oxygen atoms in total. The van der Waals surface area contributed by atoms with Crippen molar-refractivity contribution in [3.63, 3.8) is 0 Å². The van der Waals surface area contributed by atoms with Crippen LogP contribution in [0, 0.1) is 12.8 Å². The van der Waals surface area contributed by atoms with E-state index in [1.54, 1.807) is 16.4 Å². The van der Waals surface area contributed by atoms with Crippen molar-refractivity contribution >= 4 is 10.0 Å². The molecule has 0 aliphatic carbocycles. The highest BCUT2D eigenvalue weighted by Gasteiger charge is 2.32. The Morgan fingerprint density at radius 1 is 1.33 bits per heavy atom. The third-order valence-electron chi connectivity index (χ3n) is 3.51. The van der Waals surface area contributed by atoms with Gasteiger partial charge in [0.2, 0.25) is 10.0 Å². The zero-order chi connectivity index (χ0) is 13.3. The summed E-state index contributed by atoms with van der Waals surface area (Å²) in [7, 11) is -3.33. The van der Waals surface area contributed by atoms with Gasteiger partial charge in [0.05, 0.1) is 4.90 Å². The molecule has 1 aliphatic rings. The molecule has 2 rings (SSSR count). The highest BCUT2D eigenvalue weighted by molar-refractivity contribution is 7.89. The van der Waals surface area contributed by atoms with Crippen LogP contribution in [0.4, 0.5) is 0 Å². The van der Waals surface area contributed by atoms with Crippen LogP contribution in [-0.4, -0.2) is 25.8 Å². The van der Waals surface area contributed by atoms with Crippen LogP contribution in [0.5, 0.6) is 0 Å². The number of aryl methyl sites for hydroxylation is 1. The molecular formula is C14H19NO2S. The summed E-state index contributed by atoms with van der Waals surface area (Å²) in [6.45, 7) is 8.98. The van der Waals surface area contributed by atoms with Gasteiger partial charge in [-0.1, -0.05) is 29.8 Å². The average Bonchev–Trinajstić information content (AvgIpc) is 2.79. The molecule has 1 aliphatic heterocycles. The lowest BCUT2D eigenvalue weighted by molar-refractivity contribution is 0.468. The Balaban J connectivity index is 2.22. The molecule has 0 amide bonds. The quantitative estimate of drug-likeness (QED) is 0.788. The molecule has 0 N–H and O–H groups in total. The summed E-state index contributed by atoms with van der Waals surface area (Å²) in [5.41, 5.74) is 2.13. The van der Waals surface area contributed by atoms with Gasteiger partial charge < -0.3 is 0 Å². The van der Waals surface area contributed by atoms with Gasteiger partial charge in [-0.05, 0) is 38.3 Å². The Morgan fingerprint density at radius 2 is 1.94 bits per heavy atom. The lowest BCUT2D eigenvalue weighted by atomic mass is 10.0. The van der Waals surface area contributed by atoms with Gasteiger partial charge in [0.15, 0.2) is 0 Å². The molecule has 0 aromatic heterocycles. The summed E-state index contributed by atoms with van der Waals surface area (Å²) in [6, 6.07) is 7.02. The van der Waals surface area contributed by atoms with E-state index in [1.807, 2.05) is 26.0 Å². The Kier molecular flexibility index (Phi) is 3.59. The number of hydrogen-bond acceptors (Lipinski definition) is 2. The minimum atomic E-state index is -3.33. The first-order valence-corrected chi connectivity index (χ1v) is 7.57. The van der Waals surface area contributed by atoms with Gasteiger partial charge in [0.25, 0.3) is 0 Å². The molecule has 0 radical (unpaired) electrons. The second kappa shape index (κ2) is 4.86. The van der Waals surface area contributed by atoms with E-state index in [0.29, 0.717) is 23.9 Å². The largest absolute Gasteiger partial charge is 0.243 e. The van der Waals surface area contributed by atoms with E-state index in [1.165, 1.54) is 0 Å². The highest BCUT2D eigenvalue weighted by Crippen LogP contribution is 2.27. The summed E-state index contributed by atoms with van der Waals surface area (Å²) in [4.78, 5) is 0.385. The van der Waals surface area contributed by atoms with Crippen molar-refractivity contribution in [3.8, 4) is 0 Å². The van der Waals surface area contributed by atoms with Crippen LogP contribution in [0.3, 0.4) is 0 Å². The van der Waals surface area contributed by atoms with Crippen molar-refractivity contribution in [2.24, 2.45) is 5.92 Å². The zero-order valence-corrected chi connectivity index (χ0v) is 11.7. The number of nitrogens with zero attached hydrogens (tertiary/aromatic N) is 1. The summed E-state index contributed by atoms with van der Waals surface area (Å²) >= 11 is 0. The first-order valence-electron chi connectivity index (χ1n) is 6.13. The standard InChI is InChI=1S/C14H19NO2S/c1-11(2)13-8-9-15(10-13)18(16,17)14-6-4-12(3)5-7-14/h4-7,13H,1,8-10H2,2-3H3/t13-/m0/s1. The van der Waals surface area contributed by atoms with E-state index in [9.17, 15) is 8.42 Å². The van der Waals surface area contributed by atoms with Gasteiger partial charge in [-0.15, -0.1) is 0 Å². The molecule has 98 valence electrons. The molecular weight excluding hydrogens is 246 g/mol. The van der Waals surface area contributed by atoms with Gasteiger partial charge >= 0.3 is 0 Å². The molecule has 0 bridgehead atoms. The maximum atomic E-state index is 12.4. The van der Waals surface area contributed by atoms with Gasteiger partial charge in [0.1, 0.15) is 0 Å². The Labute approximate surface area is 109 Å². The predicted octanol–water partition coefficient (Wildman–Crippen LogP) is 2.58. The van der Waals surface area contributed by atoms with Crippen LogP contribution in [-0.2, 0) is 10.0 Å². The normalized spacial score (nSPS) is 21.1. The van der Waals surface area contributed by atoms with Crippen molar-refractivity contribution < 1.29 is 8.42 Å². The van der Waals surface area contributed by atoms with Crippen LogP contribution < -0.4 is 0 Å². The molecule has 1 saturated heterocycles. The first-order chi connectivity index (χ1) is 8.41. The summed E-state index contributed by atoms with van der Waals surface area (Å²) in [6.07, 6.45) is 0.875. The van der Waals surface area contributed by atoms with Crippen molar-refractivity contribution in [2.45, 2.75) is 25.2 Å². The monoisotopic (exact) mass is 265 g/mol. The minimum Gasteiger partial charge on any atom is -0.207 e. The minimum absolute atomic E-state index is 0.297. The molecule has 18 heavy (non-hydrogen) atoms. The van der Waals surface area contributed by atoms with E-state index in [2.05, 4.69) is 6.58 Å². The average molecular weight is 265 g/mol. The second-order valence-corrected chi connectivity index (χ2v) is 6.95. The summed E-state index contributed by atoms with van der Waals surface area (Å²) < 4.78 is 26.4. The summed E-state index contributed by atoms with van der Waals surface area (Å²) in [5.74, 6) is 0.297. The Morgan fingerprint density at radius 3 is 2.44 bits per heavy atom. The lowest BCUT2D eigenvalue weighted by Gasteiger charge is -2.16. The lowest BCUT2D eigenvalue weighted by Crippen LogP contribution is -2.29. The molecule has 1 atom stereocenters. The fourth-order valence-corrected chi connectivity index (χ4v) is 3.71. The van der Waals surface area contributed by atoms with E-state index in [4.69, 9.17) is 0 Å². The van der Waals surface area contributed by atoms with Gasteiger partial charge in [-0.3, -0.25) is 0 Å². The number of rotatable bonds is 3. The predicted molar refractivity (Wildman–Crippen MR) is 72.9 cm³/mol. The SMILES string of the molecule is C=C(C)[C@H]1CCN(S(=O)(=O)c2ccc(C)cc2)C1. The van der Waals surface area contributed by atoms with Crippen LogP contribution in [0.15, 0.2) is 41.3 Å². The molecule has 1 fully saturated rings. The van der Waals surface area contributed by atoms with Crippen LogP contribution in [0.25, 0.3) is 0 Å². The third kappa shape index (κ3) is 2.49. The second-order valence-electron chi connectivity index (χ2n) is 5.01. The van der Waals surface area contributed by atoms with Crippen LogP contribution in [0.2, 0.25) is 0 Å². The fraction of sp³-hybridized carbons (Fsp3) is 0.429. The van der Waals surface area contributed by atoms with Crippen molar-refractivity contribution in [1.29, 1.82) is 0 Å². The van der Waals surface area contributed by atoms with E-state index in [-0.39, 0.29) is 0 Å². The van der Waals surface area contributed by atoms with Gasteiger partial charge in [-0.25, -0.2) is 8.42 Å². The van der Waals surface area contributed by atoms with E-state index >= 15 is 0 Å². The Bertz CT molecular complexity index is 546. The van der Waals surface area contributed by atoms with Gasteiger partial charge in [0, 0.05) is 13.1 Å². The van der Waals surface area contributed by atoms with Crippen LogP contribution >= 0.6 is 0 Å². The summed E-state index contributed by atoms with van der Waals surface area (Å²) in [5, 5.41) is 0. The highest BCUT2D eigenvalue weighted by atomic mass is 32.2. The Hall–Kier alpha value is -1.13. The molecule has 4 heteroatoms. The maximum absolute atomic E-state index is 12.4. The van der Waals surface area contributed by atoms with Gasteiger partial charge in [-0.2, -0.15) is 4.31 Å². The molecule has 1 aromatic rings. The number of benzene rings is 1. The molecule has 1 heterocycles. The molecule has 0 spiro atoms.